The number of rotatable bonds is 6. The predicted molar refractivity (Wildman–Crippen MR) is 81.0 cm³/mol. The van der Waals surface area contributed by atoms with Crippen molar-refractivity contribution < 1.29 is 5.11 Å². The molecule has 2 aromatic heterocycles. The highest BCUT2D eigenvalue weighted by Crippen LogP contribution is 2.29. The Bertz CT molecular complexity index is 553. The Hall–Kier alpha value is -1.40. The summed E-state index contributed by atoms with van der Waals surface area (Å²) in [6, 6.07) is 2.02. The zero-order valence-electron chi connectivity index (χ0n) is 11.5. The fourth-order valence-electron chi connectivity index (χ4n) is 1.85. The van der Waals surface area contributed by atoms with Gasteiger partial charge in [0.25, 0.3) is 0 Å². The standard InChI is InChI=1S/C13H20N4OS/c1-4-14-12-15-10(17-13(2,3)6-7-18)9-5-8-19-11(9)16-12/h5,8,18H,4,6-7H2,1-3H3,(H2,14,15,16,17). The van der Waals surface area contributed by atoms with E-state index in [4.69, 9.17) is 5.11 Å². The molecule has 0 fully saturated rings. The lowest BCUT2D eigenvalue weighted by atomic mass is 10.0. The Morgan fingerprint density at radius 2 is 2.16 bits per heavy atom. The molecule has 2 aromatic rings. The van der Waals surface area contributed by atoms with E-state index in [0.717, 1.165) is 22.6 Å². The lowest BCUT2D eigenvalue weighted by molar-refractivity contribution is 0.260. The summed E-state index contributed by atoms with van der Waals surface area (Å²) in [5.74, 6) is 1.46. The maximum atomic E-state index is 9.11. The Kier molecular flexibility index (Phi) is 4.21. The predicted octanol–water partition coefficient (Wildman–Crippen LogP) is 2.70. The highest BCUT2D eigenvalue weighted by Gasteiger charge is 2.19. The lowest BCUT2D eigenvalue weighted by Gasteiger charge is -2.26. The van der Waals surface area contributed by atoms with Crippen LogP contribution < -0.4 is 10.6 Å². The first-order chi connectivity index (χ1) is 9.05. The molecule has 0 bridgehead atoms. The van der Waals surface area contributed by atoms with Gasteiger partial charge in [0.15, 0.2) is 0 Å². The van der Waals surface area contributed by atoms with Crippen LogP contribution in [0.1, 0.15) is 27.2 Å². The number of aliphatic hydroxyl groups excluding tert-OH is 1. The average molecular weight is 280 g/mol. The van der Waals surface area contributed by atoms with Crippen molar-refractivity contribution in [3.05, 3.63) is 11.4 Å². The number of aromatic nitrogens is 2. The van der Waals surface area contributed by atoms with Crippen LogP contribution >= 0.6 is 11.3 Å². The van der Waals surface area contributed by atoms with Gasteiger partial charge in [-0.1, -0.05) is 0 Å². The van der Waals surface area contributed by atoms with E-state index in [1.807, 2.05) is 18.4 Å². The van der Waals surface area contributed by atoms with Crippen molar-refractivity contribution in [3.8, 4) is 0 Å². The Morgan fingerprint density at radius 3 is 2.84 bits per heavy atom. The van der Waals surface area contributed by atoms with Crippen LogP contribution in [0.4, 0.5) is 11.8 Å². The normalized spacial score (nSPS) is 11.8. The molecule has 104 valence electrons. The molecule has 2 rings (SSSR count). The highest BCUT2D eigenvalue weighted by molar-refractivity contribution is 7.16. The second-order valence-corrected chi connectivity index (χ2v) is 5.94. The smallest absolute Gasteiger partial charge is 0.226 e. The first-order valence-electron chi connectivity index (χ1n) is 6.44. The minimum absolute atomic E-state index is 0.151. The van der Waals surface area contributed by atoms with Gasteiger partial charge in [0.05, 0.1) is 5.39 Å². The van der Waals surface area contributed by atoms with Gasteiger partial charge >= 0.3 is 0 Å². The largest absolute Gasteiger partial charge is 0.396 e. The number of fused-ring (bicyclic) bond motifs is 1. The van der Waals surface area contributed by atoms with E-state index < -0.39 is 0 Å². The summed E-state index contributed by atoms with van der Waals surface area (Å²) < 4.78 is 0. The summed E-state index contributed by atoms with van der Waals surface area (Å²) in [6.45, 7) is 7.06. The summed E-state index contributed by atoms with van der Waals surface area (Å²) in [4.78, 5) is 9.96. The number of hydrogen-bond acceptors (Lipinski definition) is 6. The summed E-state index contributed by atoms with van der Waals surface area (Å²) in [6.07, 6.45) is 0.666. The van der Waals surface area contributed by atoms with Crippen molar-refractivity contribution in [1.29, 1.82) is 0 Å². The fraction of sp³-hybridized carbons (Fsp3) is 0.538. The molecule has 0 radical (unpaired) electrons. The molecule has 0 amide bonds. The third-order valence-electron chi connectivity index (χ3n) is 2.85. The van der Waals surface area contributed by atoms with E-state index in [1.165, 1.54) is 0 Å². The van der Waals surface area contributed by atoms with Gasteiger partial charge in [-0.05, 0) is 38.6 Å². The molecule has 0 aliphatic carbocycles. The van der Waals surface area contributed by atoms with Gasteiger partial charge < -0.3 is 15.7 Å². The van der Waals surface area contributed by atoms with Crippen molar-refractivity contribution >= 4 is 33.3 Å². The number of aliphatic hydroxyl groups is 1. The molecule has 0 saturated heterocycles. The van der Waals surface area contributed by atoms with E-state index in [-0.39, 0.29) is 12.1 Å². The molecule has 0 aliphatic rings. The number of hydrogen-bond donors (Lipinski definition) is 3. The van der Waals surface area contributed by atoms with Crippen molar-refractivity contribution in [2.45, 2.75) is 32.7 Å². The van der Waals surface area contributed by atoms with Gasteiger partial charge in [0, 0.05) is 18.7 Å². The van der Waals surface area contributed by atoms with E-state index in [1.54, 1.807) is 11.3 Å². The topological polar surface area (TPSA) is 70.1 Å². The van der Waals surface area contributed by atoms with Crippen LogP contribution in [0.5, 0.6) is 0 Å². The first-order valence-corrected chi connectivity index (χ1v) is 7.32. The molecular weight excluding hydrogens is 260 g/mol. The van der Waals surface area contributed by atoms with E-state index in [0.29, 0.717) is 12.4 Å². The van der Waals surface area contributed by atoms with Crippen LogP contribution in [-0.4, -0.2) is 33.8 Å². The zero-order valence-corrected chi connectivity index (χ0v) is 12.3. The summed E-state index contributed by atoms with van der Waals surface area (Å²) >= 11 is 1.60. The second-order valence-electron chi connectivity index (χ2n) is 5.05. The van der Waals surface area contributed by atoms with Crippen LogP contribution in [0.25, 0.3) is 10.2 Å². The fourth-order valence-corrected chi connectivity index (χ4v) is 2.61. The van der Waals surface area contributed by atoms with Crippen LogP contribution in [0, 0.1) is 0 Å². The zero-order chi connectivity index (χ0) is 13.9. The molecule has 0 saturated carbocycles. The SMILES string of the molecule is CCNc1nc(NC(C)(C)CCO)c2ccsc2n1. The number of nitrogens with zero attached hydrogens (tertiary/aromatic N) is 2. The summed E-state index contributed by atoms with van der Waals surface area (Å²) in [7, 11) is 0. The number of nitrogens with one attached hydrogen (secondary N) is 2. The third-order valence-corrected chi connectivity index (χ3v) is 3.66. The molecule has 3 N–H and O–H groups in total. The van der Waals surface area contributed by atoms with Crippen molar-refractivity contribution in [1.82, 2.24) is 9.97 Å². The molecule has 0 unspecified atom stereocenters. The molecule has 2 heterocycles. The van der Waals surface area contributed by atoms with Crippen molar-refractivity contribution in [2.24, 2.45) is 0 Å². The number of anilines is 2. The van der Waals surface area contributed by atoms with Crippen LogP contribution in [0.15, 0.2) is 11.4 Å². The molecular formula is C13H20N4OS. The van der Waals surface area contributed by atoms with Gasteiger partial charge in [0.1, 0.15) is 10.6 Å². The van der Waals surface area contributed by atoms with Crippen LogP contribution in [0.2, 0.25) is 0 Å². The van der Waals surface area contributed by atoms with E-state index in [9.17, 15) is 0 Å². The average Bonchev–Trinajstić information content (AvgIpc) is 2.77. The Balaban J connectivity index is 2.37. The van der Waals surface area contributed by atoms with Crippen LogP contribution in [0.3, 0.4) is 0 Å². The van der Waals surface area contributed by atoms with Gasteiger partial charge in [0.2, 0.25) is 5.95 Å². The summed E-state index contributed by atoms with van der Waals surface area (Å²) in [5, 5.41) is 18.7. The molecule has 5 nitrogen and oxygen atoms in total. The maximum Gasteiger partial charge on any atom is 0.226 e. The molecule has 0 aromatic carbocycles. The first kappa shape index (κ1) is 14.0. The Morgan fingerprint density at radius 1 is 1.37 bits per heavy atom. The van der Waals surface area contributed by atoms with Gasteiger partial charge in [-0.2, -0.15) is 4.98 Å². The van der Waals surface area contributed by atoms with Gasteiger partial charge in [-0.15, -0.1) is 11.3 Å². The molecule has 0 atom stereocenters. The lowest BCUT2D eigenvalue weighted by Crippen LogP contribution is -2.32. The highest BCUT2D eigenvalue weighted by atomic mass is 32.1. The molecule has 6 heteroatoms. The second kappa shape index (κ2) is 5.71. The summed E-state index contributed by atoms with van der Waals surface area (Å²) in [5.41, 5.74) is -0.207. The van der Waals surface area contributed by atoms with Gasteiger partial charge in [-0.3, -0.25) is 0 Å². The van der Waals surface area contributed by atoms with E-state index >= 15 is 0 Å². The van der Waals surface area contributed by atoms with Crippen LogP contribution in [-0.2, 0) is 0 Å². The number of thiophene rings is 1. The maximum absolute atomic E-state index is 9.11. The van der Waals surface area contributed by atoms with Crippen molar-refractivity contribution in [2.75, 3.05) is 23.8 Å². The minimum Gasteiger partial charge on any atom is -0.396 e. The Labute approximate surface area is 117 Å². The van der Waals surface area contributed by atoms with Gasteiger partial charge in [-0.25, -0.2) is 4.98 Å². The third kappa shape index (κ3) is 3.33. The minimum atomic E-state index is -0.207. The quantitative estimate of drug-likeness (QED) is 0.759. The molecule has 0 aliphatic heterocycles. The van der Waals surface area contributed by atoms with E-state index in [2.05, 4.69) is 34.4 Å². The molecule has 0 spiro atoms. The van der Waals surface area contributed by atoms with Crippen molar-refractivity contribution in [3.63, 3.8) is 0 Å². The monoisotopic (exact) mass is 280 g/mol. The molecule has 19 heavy (non-hydrogen) atoms.